The number of hydrogen-bond acceptors (Lipinski definition) is 5. The molecule has 2 heterocycles. The Hall–Kier alpha value is -2.27. The van der Waals surface area contributed by atoms with Gasteiger partial charge in [0.25, 0.3) is 5.56 Å². The lowest BCUT2D eigenvalue weighted by Gasteiger charge is -2.18. The third kappa shape index (κ3) is 4.89. The number of nitrogens with zero attached hydrogens (tertiary/aromatic N) is 2. The Morgan fingerprint density at radius 3 is 2.50 bits per heavy atom. The number of ether oxygens (including phenoxy) is 1. The summed E-state index contributed by atoms with van der Waals surface area (Å²) in [5.41, 5.74) is -1.21. The molecule has 1 aromatic carbocycles. The number of ketones is 1. The molecule has 0 aliphatic carbocycles. The number of rotatable bonds is 5. The number of halogens is 4. The van der Waals surface area contributed by atoms with Gasteiger partial charge in [-0.15, -0.1) is 0 Å². The highest BCUT2D eigenvalue weighted by molar-refractivity contribution is 7.93. The van der Waals surface area contributed by atoms with Crippen molar-refractivity contribution in [1.29, 1.82) is 0 Å². The van der Waals surface area contributed by atoms with Crippen LogP contribution in [-0.2, 0) is 16.8 Å². The summed E-state index contributed by atoms with van der Waals surface area (Å²) in [4.78, 5) is 24.9. The number of alkyl halides is 3. The molecule has 0 amide bonds. The normalized spacial score (nSPS) is 16.3. The molecule has 3 rings (SSSR count). The van der Waals surface area contributed by atoms with E-state index in [-0.39, 0.29) is 39.1 Å². The second kappa shape index (κ2) is 8.46. The summed E-state index contributed by atoms with van der Waals surface area (Å²) >= 11 is 6.33. The van der Waals surface area contributed by atoms with Gasteiger partial charge in [-0.2, -0.15) is 17.5 Å². The van der Waals surface area contributed by atoms with E-state index in [0.29, 0.717) is 12.8 Å². The van der Waals surface area contributed by atoms with Crippen molar-refractivity contribution in [2.45, 2.75) is 25.4 Å². The average molecular weight is 466 g/mol. The Balaban J connectivity index is 2.12. The number of aromatic nitrogens is 2. The molecule has 30 heavy (non-hydrogen) atoms. The second-order valence-corrected chi connectivity index (χ2v) is 9.81. The van der Waals surface area contributed by atoms with E-state index in [2.05, 4.69) is 9.46 Å². The Morgan fingerprint density at radius 1 is 1.27 bits per heavy atom. The molecular weight excluding hydrogens is 447 g/mol. The molecule has 0 spiro atoms. The lowest BCUT2D eigenvalue weighted by molar-refractivity contribution is -0.153. The number of carbonyl (C=O) groups excluding carboxylic acids is 1. The predicted molar refractivity (Wildman–Crippen MR) is 106 cm³/mol. The number of aryl methyl sites for hydroxylation is 1. The molecule has 2 aromatic rings. The first-order chi connectivity index (χ1) is 14.0. The highest BCUT2D eigenvalue weighted by Crippen LogP contribution is 2.40. The Labute approximate surface area is 175 Å². The predicted octanol–water partition coefficient (Wildman–Crippen LogP) is 3.82. The van der Waals surface area contributed by atoms with E-state index >= 15 is 0 Å². The molecule has 1 aromatic heterocycles. The van der Waals surface area contributed by atoms with Gasteiger partial charge in [-0.05, 0) is 25.0 Å². The molecule has 1 N–H and O–H groups in total. The van der Waals surface area contributed by atoms with Gasteiger partial charge >= 0.3 is 6.18 Å². The van der Waals surface area contributed by atoms with Crippen molar-refractivity contribution in [2.24, 2.45) is 11.4 Å². The zero-order valence-electron chi connectivity index (χ0n) is 15.9. The van der Waals surface area contributed by atoms with E-state index in [1.165, 1.54) is 13.2 Å². The standard InChI is InChI=1S/C18H19ClF3N3O4S/c1-25-17(27)12(9-23-25)16(26)11-5-6-13(29-10-18(20,21)22)15(14(11)19)24-30(28)7-3-2-4-8-30/h5-6,9,23H,2-4,7-8,10H2,1H3. The van der Waals surface area contributed by atoms with Crippen LogP contribution in [-0.4, -0.2) is 44.1 Å². The maximum Gasteiger partial charge on any atom is 0.422 e. The van der Waals surface area contributed by atoms with Gasteiger partial charge in [0, 0.05) is 30.3 Å². The van der Waals surface area contributed by atoms with Crippen molar-refractivity contribution in [2.75, 3.05) is 18.1 Å². The van der Waals surface area contributed by atoms with Crippen molar-refractivity contribution in [1.82, 2.24) is 9.78 Å². The number of H-pyrrole nitrogens is 1. The fraction of sp³-hybridized carbons (Fsp3) is 0.444. The number of nitrogens with one attached hydrogen (secondary N) is 1. The first-order valence-corrected chi connectivity index (χ1v) is 11.3. The minimum Gasteiger partial charge on any atom is -0.482 e. The third-order valence-electron chi connectivity index (χ3n) is 4.58. The smallest absolute Gasteiger partial charge is 0.422 e. The van der Waals surface area contributed by atoms with Crippen LogP contribution in [0.25, 0.3) is 0 Å². The molecule has 12 heteroatoms. The molecular formula is C18H19ClF3N3O4S. The highest BCUT2D eigenvalue weighted by Gasteiger charge is 2.30. The van der Waals surface area contributed by atoms with Crippen LogP contribution in [0.4, 0.5) is 18.9 Å². The highest BCUT2D eigenvalue weighted by atomic mass is 35.5. The average Bonchev–Trinajstić information content (AvgIpc) is 3.00. The maximum atomic E-state index is 13.0. The largest absolute Gasteiger partial charge is 0.482 e. The molecule has 0 bridgehead atoms. The number of hydrogen-bond donors (Lipinski definition) is 1. The minimum atomic E-state index is -4.61. The van der Waals surface area contributed by atoms with E-state index in [4.69, 9.17) is 16.3 Å². The second-order valence-electron chi connectivity index (χ2n) is 6.89. The van der Waals surface area contributed by atoms with Crippen molar-refractivity contribution in [3.05, 3.63) is 44.8 Å². The summed E-state index contributed by atoms with van der Waals surface area (Å²) in [6.45, 7) is -1.60. The van der Waals surface area contributed by atoms with E-state index in [0.717, 1.165) is 23.2 Å². The molecule has 1 fully saturated rings. The molecule has 0 unspecified atom stereocenters. The van der Waals surface area contributed by atoms with E-state index in [1.807, 2.05) is 0 Å². The first kappa shape index (κ1) is 22.4. The van der Waals surface area contributed by atoms with Crippen LogP contribution in [0.15, 0.2) is 27.5 Å². The van der Waals surface area contributed by atoms with Gasteiger partial charge in [-0.3, -0.25) is 14.3 Å². The molecule has 164 valence electrons. The topological polar surface area (TPSA) is 93.5 Å². The summed E-state index contributed by atoms with van der Waals surface area (Å²) < 4.78 is 61.1. The van der Waals surface area contributed by atoms with Gasteiger partial charge in [0.05, 0.1) is 14.8 Å². The molecule has 1 saturated heterocycles. The van der Waals surface area contributed by atoms with Gasteiger partial charge in [-0.25, -0.2) is 4.21 Å². The summed E-state index contributed by atoms with van der Waals surface area (Å²) in [5, 5.41) is 2.25. The maximum absolute atomic E-state index is 13.0. The lowest BCUT2D eigenvalue weighted by atomic mass is 10.1. The fourth-order valence-electron chi connectivity index (χ4n) is 3.05. The Kier molecular flexibility index (Phi) is 6.32. The van der Waals surface area contributed by atoms with Gasteiger partial charge in [-0.1, -0.05) is 18.0 Å². The van der Waals surface area contributed by atoms with Crippen LogP contribution in [0, 0.1) is 0 Å². The van der Waals surface area contributed by atoms with Crippen molar-refractivity contribution >= 4 is 32.8 Å². The third-order valence-corrected chi connectivity index (χ3v) is 7.33. The fourth-order valence-corrected chi connectivity index (χ4v) is 5.59. The van der Waals surface area contributed by atoms with E-state index in [9.17, 15) is 27.0 Å². The summed E-state index contributed by atoms with van der Waals surface area (Å²) in [6.07, 6.45) is -1.20. The van der Waals surface area contributed by atoms with Crippen LogP contribution >= 0.6 is 11.6 Å². The molecule has 0 saturated carbocycles. The minimum absolute atomic E-state index is 0.148. The molecule has 7 nitrogen and oxygen atoms in total. The van der Waals surface area contributed by atoms with Crippen LogP contribution in [0.2, 0.25) is 5.02 Å². The molecule has 1 aliphatic rings. The zero-order valence-corrected chi connectivity index (χ0v) is 17.5. The van der Waals surface area contributed by atoms with Gasteiger partial charge in [0.1, 0.15) is 17.0 Å². The summed E-state index contributed by atoms with van der Waals surface area (Å²) in [6, 6.07) is 2.28. The van der Waals surface area contributed by atoms with Crippen molar-refractivity contribution in [3.8, 4) is 5.75 Å². The quantitative estimate of drug-likeness (QED) is 0.679. The van der Waals surface area contributed by atoms with Gasteiger partial charge in [0.2, 0.25) is 5.78 Å². The monoisotopic (exact) mass is 465 g/mol. The van der Waals surface area contributed by atoms with E-state index in [1.54, 1.807) is 0 Å². The first-order valence-electron chi connectivity index (χ1n) is 9.04. The Morgan fingerprint density at radius 2 is 1.93 bits per heavy atom. The van der Waals surface area contributed by atoms with Crippen molar-refractivity contribution < 1.29 is 26.9 Å². The molecule has 1 aliphatic heterocycles. The number of benzene rings is 1. The lowest BCUT2D eigenvalue weighted by Crippen LogP contribution is -2.20. The summed E-state index contributed by atoms with van der Waals surface area (Å²) in [5.74, 6) is -0.514. The van der Waals surface area contributed by atoms with Crippen LogP contribution in [0.5, 0.6) is 5.75 Å². The zero-order chi connectivity index (χ0) is 22.1. The number of carbonyl (C=O) groups is 1. The molecule has 0 radical (unpaired) electrons. The van der Waals surface area contributed by atoms with E-state index < -0.39 is 33.9 Å². The Bertz CT molecular complexity index is 1130. The van der Waals surface area contributed by atoms with Gasteiger partial charge in [0.15, 0.2) is 6.61 Å². The van der Waals surface area contributed by atoms with Crippen LogP contribution in [0.3, 0.4) is 0 Å². The number of aromatic amines is 1. The van der Waals surface area contributed by atoms with Crippen molar-refractivity contribution in [3.63, 3.8) is 0 Å². The SMILES string of the molecule is Cn1[nH]cc(C(=O)c2ccc(OCC(F)(F)F)c(N=S3(=O)CCCCC3)c2Cl)c1=O. The molecule has 0 atom stereocenters. The summed E-state index contributed by atoms with van der Waals surface area (Å²) in [7, 11) is -1.34. The van der Waals surface area contributed by atoms with Crippen LogP contribution < -0.4 is 10.3 Å². The van der Waals surface area contributed by atoms with Gasteiger partial charge < -0.3 is 9.84 Å². The van der Waals surface area contributed by atoms with Crippen LogP contribution in [0.1, 0.15) is 35.2 Å².